The third-order valence-corrected chi connectivity index (χ3v) is 9.24. The van der Waals surface area contributed by atoms with Gasteiger partial charge in [0.1, 0.15) is 6.10 Å². The maximum atomic E-state index is 11.7. The number of rotatable bonds is 26. The van der Waals surface area contributed by atoms with Gasteiger partial charge in [0.2, 0.25) is 0 Å². The van der Waals surface area contributed by atoms with E-state index in [1.807, 2.05) is 0 Å². The summed E-state index contributed by atoms with van der Waals surface area (Å²) in [7, 11) is 0. The fourth-order valence-electron chi connectivity index (χ4n) is 6.42. The van der Waals surface area contributed by atoms with E-state index in [0.29, 0.717) is 31.3 Å². The van der Waals surface area contributed by atoms with Crippen molar-refractivity contribution in [1.29, 1.82) is 0 Å². The van der Waals surface area contributed by atoms with Crippen molar-refractivity contribution in [3.05, 3.63) is 11.6 Å². The van der Waals surface area contributed by atoms with Crippen LogP contribution in [-0.4, -0.2) is 80.3 Å². The van der Waals surface area contributed by atoms with Gasteiger partial charge in [-0.15, -0.1) is 0 Å². The van der Waals surface area contributed by atoms with Crippen LogP contribution in [-0.2, 0) is 14.3 Å². The predicted molar refractivity (Wildman–Crippen MR) is 170 cm³/mol. The lowest BCUT2D eigenvalue weighted by Crippen LogP contribution is -2.31. The second-order valence-corrected chi connectivity index (χ2v) is 13.3. The molecule has 5 N–H and O–H groups in total. The van der Waals surface area contributed by atoms with Gasteiger partial charge in [-0.25, -0.2) is 4.79 Å². The van der Waals surface area contributed by atoms with E-state index in [-0.39, 0.29) is 24.7 Å². The summed E-state index contributed by atoms with van der Waals surface area (Å²) in [4.78, 5) is 11.7. The molecule has 2 aliphatic heterocycles. The summed E-state index contributed by atoms with van der Waals surface area (Å²) in [6.45, 7) is 4.01. The molecule has 0 amide bonds. The summed E-state index contributed by atoms with van der Waals surface area (Å²) in [5, 5.41) is 52.0. The van der Waals surface area contributed by atoms with Crippen molar-refractivity contribution < 1.29 is 39.8 Å². The zero-order chi connectivity index (χ0) is 31.5. The number of unbranched alkanes of at least 4 members (excludes halogenated alkanes) is 11. The van der Waals surface area contributed by atoms with E-state index in [2.05, 4.69) is 6.92 Å². The molecule has 8 atom stereocenters. The fraction of sp³-hybridized carbons (Fsp3) is 0.914. The Morgan fingerprint density at radius 1 is 0.674 bits per heavy atom. The second-order valence-electron chi connectivity index (χ2n) is 13.3. The Morgan fingerprint density at radius 2 is 1.16 bits per heavy atom. The van der Waals surface area contributed by atoms with Crippen LogP contribution in [0.25, 0.3) is 0 Å². The maximum absolute atomic E-state index is 11.7. The van der Waals surface area contributed by atoms with Crippen LogP contribution in [0.5, 0.6) is 0 Å². The van der Waals surface area contributed by atoms with Gasteiger partial charge in [0.15, 0.2) is 0 Å². The van der Waals surface area contributed by atoms with Crippen molar-refractivity contribution in [2.24, 2.45) is 0 Å². The topological polar surface area (TPSA) is 137 Å². The monoisotopic (exact) mass is 612 g/mol. The van der Waals surface area contributed by atoms with E-state index in [4.69, 9.17) is 9.47 Å². The molecule has 2 rings (SSSR count). The molecule has 1 fully saturated rings. The van der Waals surface area contributed by atoms with Crippen molar-refractivity contribution in [1.82, 2.24) is 0 Å². The highest BCUT2D eigenvalue weighted by molar-refractivity contribution is 5.90. The number of aliphatic hydroxyl groups is 5. The van der Waals surface area contributed by atoms with Gasteiger partial charge in [0.05, 0.1) is 42.7 Å². The van der Waals surface area contributed by atoms with Crippen LogP contribution >= 0.6 is 0 Å². The molecule has 0 aromatic carbocycles. The molecule has 0 aromatic rings. The van der Waals surface area contributed by atoms with Gasteiger partial charge in [0.25, 0.3) is 0 Å². The minimum absolute atomic E-state index is 0.0987. The zero-order valence-corrected chi connectivity index (χ0v) is 27.2. The van der Waals surface area contributed by atoms with Crippen LogP contribution in [0, 0.1) is 0 Å². The lowest BCUT2D eigenvalue weighted by molar-refractivity contribution is -0.139. The van der Waals surface area contributed by atoms with Gasteiger partial charge in [-0.05, 0) is 64.4 Å². The molecule has 0 aromatic heterocycles. The molecule has 252 valence electrons. The SMILES string of the molecule is CCCCCCCCCCCC[C@@H](O)[C@H]1CC[C@@H]([C@@H](O)CCCC(O)CCCCCC(O)C(O)CC2=C[C@H](C)OC2=O)O1. The van der Waals surface area contributed by atoms with Crippen LogP contribution in [0.1, 0.15) is 155 Å². The van der Waals surface area contributed by atoms with Gasteiger partial charge >= 0.3 is 5.97 Å². The lowest BCUT2D eigenvalue weighted by atomic mass is 9.98. The summed E-state index contributed by atoms with van der Waals surface area (Å²) in [5.74, 6) is -0.422. The molecule has 2 heterocycles. The Morgan fingerprint density at radius 3 is 1.74 bits per heavy atom. The number of carbonyl (C=O) groups excluding carboxylic acids is 1. The van der Waals surface area contributed by atoms with Crippen LogP contribution in [0.4, 0.5) is 0 Å². The Kier molecular flexibility index (Phi) is 19.9. The number of cyclic esters (lactones) is 1. The molecular weight excluding hydrogens is 548 g/mol. The minimum atomic E-state index is -0.993. The minimum Gasteiger partial charge on any atom is -0.455 e. The van der Waals surface area contributed by atoms with Crippen LogP contribution in [0.3, 0.4) is 0 Å². The van der Waals surface area contributed by atoms with Gasteiger partial charge < -0.3 is 35.0 Å². The fourth-order valence-corrected chi connectivity index (χ4v) is 6.42. The summed E-state index contributed by atoms with van der Waals surface area (Å²) in [6.07, 6.45) is 18.3. The van der Waals surface area contributed by atoms with Crippen molar-refractivity contribution in [3.63, 3.8) is 0 Å². The standard InChI is InChI=1S/C35H64O8/c1-3-4-5-6-7-8-9-10-11-14-20-30(38)33-22-23-34(43-33)31(39)21-16-18-28(36)17-13-12-15-19-29(37)32(40)25-27-24-26(2)42-35(27)41/h24,26,28-34,36-40H,3-23,25H2,1-2H3/t26-,28?,29?,30+,31-,32?,33+,34-/m0/s1. The van der Waals surface area contributed by atoms with Crippen molar-refractivity contribution >= 4 is 5.97 Å². The van der Waals surface area contributed by atoms with E-state index in [1.54, 1.807) is 13.0 Å². The first-order valence-electron chi connectivity index (χ1n) is 17.7. The molecule has 8 heteroatoms. The van der Waals surface area contributed by atoms with Crippen LogP contribution in [0.2, 0.25) is 0 Å². The van der Waals surface area contributed by atoms with Crippen LogP contribution < -0.4 is 0 Å². The highest BCUT2D eigenvalue weighted by Gasteiger charge is 2.34. The largest absolute Gasteiger partial charge is 0.455 e. The molecule has 8 nitrogen and oxygen atoms in total. The molecule has 1 saturated heterocycles. The maximum Gasteiger partial charge on any atom is 0.334 e. The van der Waals surface area contributed by atoms with E-state index >= 15 is 0 Å². The number of hydrogen-bond donors (Lipinski definition) is 5. The van der Waals surface area contributed by atoms with E-state index < -0.39 is 36.5 Å². The lowest BCUT2D eigenvalue weighted by Gasteiger charge is -2.22. The Bertz CT molecular complexity index is 758. The number of carbonyl (C=O) groups is 1. The van der Waals surface area contributed by atoms with Crippen molar-refractivity contribution in [2.75, 3.05) is 0 Å². The summed E-state index contributed by atoms with van der Waals surface area (Å²) < 4.78 is 11.1. The summed E-state index contributed by atoms with van der Waals surface area (Å²) >= 11 is 0. The first kappa shape index (κ1) is 38.2. The summed E-state index contributed by atoms with van der Waals surface area (Å²) in [6, 6.07) is 0. The average Bonchev–Trinajstić information content (AvgIpc) is 3.59. The smallest absolute Gasteiger partial charge is 0.334 e. The zero-order valence-electron chi connectivity index (χ0n) is 27.2. The molecule has 3 unspecified atom stereocenters. The molecule has 0 bridgehead atoms. The second kappa shape index (κ2) is 22.5. The number of hydrogen-bond acceptors (Lipinski definition) is 8. The van der Waals surface area contributed by atoms with E-state index in [9.17, 15) is 30.3 Å². The number of aliphatic hydroxyl groups excluding tert-OH is 5. The summed E-state index contributed by atoms with van der Waals surface area (Å²) in [5.41, 5.74) is 0.420. The molecule has 0 aliphatic carbocycles. The normalized spacial score (nSPS) is 24.0. The Balaban J connectivity index is 1.44. The molecule has 43 heavy (non-hydrogen) atoms. The highest BCUT2D eigenvalue weighted by atomic mass is 16.5. The number of esters is 1. The molecular formula is C35H64O8. The molecule has 0 saturated carbocycles. The van der Waals surface area contributed by atoms with Crippen molar-refractivity contribution in [2.45, 2.75) is 204 Å². The molecule has 2 aliphatic rings. The van der Waals surface area contributed by atoms with Gasteiger partial charge in [-0.1, -0.05) is 90.4 Å². The van der Waals surface area contributed by atoms with E-state index in [0.717, 1.165) is 57.8 Å². The quantitative estimate of drug-likeness (QED) is 0.0590. The predicted octanol–water partition coefficient (Wildman–Crippen LogP) is 6.03. The molecule has 0 radical (unpaired) electrons. The highest BCUT2D eigenvalue weighted by Crippen LogP contribution is 2.28. The first-order chi connectivity index (χ1) is 20.7. The van der Waals surface area contributed by atoms with E-state index in [1.165, 1.54) is 51.4 Å². The third kappa shape index (κ3) is 16.2. The van der Waals surface area contributed by atoms with Gasteiger partial charge in [-0.2, -0.15) is 0 Å². The average molecular weight is 613 g/mol. The Labute approximate surface area is 261 Å². The van der Waals surface area contributed by atoms with Gasteiger partial charge in [0, 0.05) is 12.0 Å². The van der Waals surface area contributed by atoms with Crippen molar-refractivity contribution in [3.8, 4) is 0 Å². The Hall–Kier alpha value is -1.03. The third-order valence-electron chi connectivity index (χ3n) is 9.24. The first-order valence-corrected chi connectivity index (χ1v) is 17.7. The number of ether oxygens (including phenoxy) is 2. The van der Waals surface area contributed by atoms with Gasteiger partial charge in [-0.3, -0.25) is 0 Å². The molecule has 0 spiro atoms. The van der Waals surface area contributed by atoms with Crippen LogP contribution in [0.15, 0.2) is 11.6 Å².